The molecule has 1 heterocycles. The molecule has 1 saturated carbocycles. The molecule has 118 valence electrons. The molecular weight excluding hydrogens is 266 g/mol. The Balaban J connectivity index is 2.10. The molecule has 1 aromatic heterocycles. The van der Waals surface area contributed by atoms with Gasteiger partial charge in [0.05, 0.1) is 0 Å². The molecule has 1 fully saturated rings. The zero-order chi connectivity index (χ0) is 15.4. The minimum absolute atomic E-state index is 0.0551. The van der Waals surface area contributed by atoms with E-state index in [2.05, 4.69) is 22.1 Å². The topological polar surface area (TPSA) is 87.9 Å². The molecule has 6 nitrogen and oxygen atoms in total. The fourth-order valence-electron chi connectivity index (χ4n) is 2.86. The highest BCUT2D eigenvalue weighted by atomic mass is 16.2. The van der Waals surface area contributed by atoms with Crippen molar-refractivity contribution in [3.8, 4) is 0 Å². The van der Waals surface area contributed by atoms with Crippen LogP contribution in [0.1, 0.15) is 75.2 Å². The second-order valence-electron chi connectivity index (χ2n) is 6.27. The standard InChI is InChI=1S/C15H27N5O/c1-4-9-20(12-7-5-11(16)6-8-12)15(21)14-17-13(10(2)3)18-19-14/h10-12H,4-9,16H2,1-3H3,(H,17,18,19). The molecule has 0 atom stereocenters. The van der Waals surface area contributed by atoms with Crippen molar-refractivity contribution in [2.75, 3.05) is 6.54 Å². The van der Waals surface area contributed by atoms with Crippen molar-refractivity contribution >= 4 is 5.91 Å². The lowest BCUT2D eigenvalue weighted by atomic mass is 9.90. The van der Waals surface area contributed by atoms with Gasteiger partial charge in [0.2, 0.25) is 5.82 Å². The zero-order valence-corrected chi connectivity index (χ0v) is 13.3. The molecule has 1 aliphatic carbocycles. The van der Waals surface area contributed by atoms with Crippen LogP contribution in [0.15, 0.2) is 0 Å². The Morgan fingerprint density at radius 2 is 2.05 bits per heavy atom. The third kappa shape index (κ3) is 3.81. The lowest BCUT2D eigenvalue weighted by Gasteiger charge is -2.35. The van der Waals surface area contributed by atoms with Crippen molar-refractivity contribution in [3.63, 3.8) is 0 Å². The van der Waals surface area contributed by atoms with Gasteiger partial charge in [-0.2, -0.15) is 0 Å². The van der Waals surface area contributed by atoms with Crippen LogP contribution in [0, 0.1) is 0 Å². The molecule has 0 spiro atoms. The molecule has 6 heteroatoms. The van der Waals surface area contributed by atoms with Gasteiger partial charge >= 0.3 is 0 Å². The average Bonchev–Trinajstić information content (AvgIpc) is 2.95. The van der Waals surface area contributed by atoms with Crippen molar-refractivity contribution in [2.45, 2.75) is 70.9 Å². The lowest BCUT2D eigenvalue weighted by Crippen LogP contribution is -2.45. The number of nitrogens with zero attached hydrogens (tertiary/aromatic N) is 3. The number of carbonyl (C=O) groups excluding carboxylic acids is 1. The smallest absolute Gasteiger partial charge is 0.293 e. The van der Waals surface area contributed by atoms with Gasteiger partial charge in [-0.25, -0.2) is 4.98 Å². The third-order valence-electron chi connectivity index (χ3n) is 4.15. The summed E-state index contributed by atoms with van der Waals surface area (Å²) >= 11 is 0. The second kappa shape index (κ2) is 7.02. The Kier molecular flexibility index (Phi) is 5.33. The highest BCUT2D eigenvalue weighted by Gasteiger charge is 2.29. The predicted molar refractivity (Wildman–Crippen MR) is 82.0 cm³/mol. The van der Waals surface area contributed by atoms with E-state index in [4.69, 9.17) is 5.73 Å². The van der Waals surface area contributed by atoms with E-state index >= 15 is 0 Å². The van der Waals surface area contributed by atoms with Crippen molar-refractivity contribution in [1.29, 1.82) is 0 Å². The summed E-state index contributed by atoms with van der Waals surface area (Å²) < 4.78 is 0. The lowest BCUT2D eigenvalue weighted by molar-refractivity contribution is 0.0614. The van der Waals surface area contributed by atoms with Gasteiger partial charge in [0.15, 0.2) is 0 Å². The van der Waals surface area contributed by atoms with Gasteiger partial charge in [0, 0.05) is 24.5 Å². The van der Waals surface area contributed by atoms with Gasteiger partial charge < -0.3 is 10.6 Å². The Labute approximate surface area is 126 Å². The highest BCUT2D eigenvalue weighted by molar-refractivity contribution is 5.90. The molecule has 2 rings (SSSR count). The minimum atomic E-state index is -0.0551. The normalized spacial score (nSPS) is 22.5. The van der Waals surface area contributed by atoms with Gasteiger partial charge in [-0.3, -0.25) is 9.89 Å². The molecule has 3 N–H and O–H groups in total. The fraction of sp³-hybridized carbons (Fsp3) is 0.800. The number of aromatic amines is 1. The van der Waals surface area contributed by atoms with Crippen molar-refractivity contribution < 1.29 is 4.79 Å². The number of H-pyrrole nitrogens is 1. The van der Waals surface area contributed by atoms with E-state index in [0.29, 0.717) is 5.82 Å². The number of aromatic nitrogens is 3. The first-order chi connectivity index (χ1) is 10.0. The SMILES string of the molecule is CCCN(C(=O)c1n[nH]c(C(C)C)n1)C1CCC(N)CC1. The largest absolute Gasteiger partial charge is 0.333 e. The molecule has 1 aliphatic rings. The molecule has 21 heavy (non-hydrogen) atoms. The third-order valence-corrected chi connectivity index (χ3v) is 4.15. The van der Waals surface area contributed by atoms with E-state index < -0.39 is 0 Å². The van der Waals surface area contributed by atoms with Gasteiger partial charge in [-0.15, -0.1) is 5.10 Å². The summed E-state index contributed by atoms with van der Waals surface area (Å²) in [6, 6.07) is 0.564. The van der Waals surface area contributed by atoms with Crippen LogP contribution >= 0.6 is 0 Å². The molecule has 0 radical (unpaired) electrons. The van der Waals surface area contributed by atoms with E-state index in [0.717, 1.165) is 44.5 Å². The maximum Gasteiger partial charge on any atom is 0.293 e. The maximum atomic E-state index is 12.7. The molecule has 1 amide bonds. The van der Waals surface area contributed by atoms with E-state index in [1.807, 2.05) is 18.7 Å². The number of amides is 1. The van der Waals surface area contributed by atoms with Crippen LogP contribution in [-0.2, 0) is 0 Å². The minimum Gasteiger partial charge on any atom is -0.333 e. The molecule has 0 saturated heterocycles. The summed E-state index contributed by atoms with van der Waals surface area (Å²) in [7, 11) is 0. The Morgan fingerprint density at radius 1 is 1.38 bits per heavy atom. The first kappa shape index (κ1) is 15.9. The van der Waals surface area contributed by atoms with Gasteiger partial charge in [-0.05, 0) is 32.1 Å². The van der Waals surface area contributed by atoms with Crippen molar-refractivity contribution in [3.05, 3.63) is 11.6 Å². The molecular formula is C15H27N5O. The van der Waals surface area contributed by atoms with E-state index in [1.165, 1.54) is 0 Å². The van der Waals surface area contributed by atoms with E-state index in [9.17, 15) is 4.79 Å². The number of nitrogens with two attached hydrogens (primary N) is 1. The fourth-order valence-corrected chi connectivity index (χ4v) is 2.86. The maximum absolute atomic E-state index is 12.7. The van der Waals surface area contributed by atoms with Crippen molar-refractivity contribution in [2.24, 2.45) is 5.73 Å². The van der Waals surface area contributed by atoms with Gasteiger partial charge in [0.1, 0.15) is 5.82 Å². The molecule has 0 aliphatic heterocycles. The first-order valence-electron chi connectivity index (χ1n) is 8.01. The monoisotopic (exact) mass is 293 g/mol. The second-order valence-corrected chi connectivity index (χ2v) is 6.27. The number of hydrogen-bond acceptors (Lipinski definition) is 4. The van der Waals surface area contributed by atoms with Crippen LogP contribution in [0.3, 0.4) is 0 Å². The Hall–Kier alpha value is -1.43. The average molecular weight is 293 g/mol. The van der Waals surface area contributed by atoms with Gasteiger partial charge in [0.25, 0.3) is 5.91 Å². The van der Waals surface area contributed by atoms with Crippen LogP contribution in [-0.4, -0.2) is 44.6 Å². The van der Waals surface area contributed by atoms with Crippen LogP contribution in [0.4, 0.5) is 0 Å². The van der Waals surface area contributed by atoms with Gasteiger partial charge in [-0.1, -0.05) is 20.8 Å². The van der Waals surface area contributed by atoms with Crippen LogP contribution < -0.4 is 5.73 Å². The summed E-state index contributed by atoms with van der Waals surface area (Å²) in [5.74, 6) is 1.24. The summed E-state index contributed by atoms with van der Waals surface area (Å²) in [6.07, 6.45) is 4.88. The quantitative estimate of drug-likeness (QED) is 0.869. The van der Waals surface area contributed by atoms with Crippen molar-refractivity contribution in [1.82, 2.24) is 20.1 Å². The zero-order valence-electron chi connectivity index (χ0n) is 13.3. The molecule has 1 aromatic rings. The summed E-state index contributed by atoms with van der Waals surface area (Å²) in [6.45, 7) is 6.90. The van der Waals surface area contributed by atoms with Crippen LogP contribution in [0.5, 0.6) is 0 Å². The summed E-state index contributed by atoms with van der Waals surface area (Å²) in [5.41, 5.74) is 5.96. The van der Waals surface area contributed by atoms with E-state index in [-0.39, 0.29) is 23.9 Å². The molecule has 0 aromatic carbocycles. The Morgan fingerprint density at radius 3 is 2.57 bits per heavy atom. The number of carbonyl (C=O) groups is 1. The first-order valence-corrected chi connectivity index (χ1v) is 8.01. The molecule has 0 unspecified atom stereocenters. The summed E-state index contributed by atoms with van der Waals surface area (Å²) in [4.78, 5) is 19.0. The number of rotatable bonds is 5. The van der Waals surface area contributed by atoms with Crippen LogP contribution in [0.2, 0.25) is 0 Å². The van der Waals surface area contributed by atoms with Crippen LogP contribution in [0.25, 0.3) is 0 Å². The number of hydrogen-bond donors (Lipinski definition) is 2. The highest BCUT2D eigenvalue weighted by Crippen LogP contribution is 2.23. The predicted octanol–water partition coefficient (Wildman–Crippen LogP) is 2.05. The Bertz CT molecular complexity index is 462. The number of nitrogens with one attached hydrogen (secondary N) is 1. The summed E-state index contributed by atoms with van der Waals surface area (Å²) in [5, 5.41) is 6.96. The molecule has 0 bridgehead atoms. The van der Waals surface area contributed by atoms with E-state index in [1.54, 1.807) is 0 Å².